The molecular formula is C8H7FN2O. The van der Waals surface area contributed by atoms with Crippen LogP contribution in [0.3, 0.4) is 0 Å². The van der Waals surface area contributed by atoms with Crippen molar-refractivity contribution < 1.29 is 9.18 Å². The van der Waals surface area contributed by atoms with Crippen molar-refractivity contribution in [2.75, 3.05) is 0 Å². The Morgan fingerprint density at radius 2 is 2.42 bits per heavy atom. The summed E-state index contributed by atoms with van der Waals surface area (Å²) in [7, 11) is 0. The first-order chi connectivity index (χ1) is 5.79. The molecule has 1 aromatic rings. The van der Waals surface area contributed by atoms with Crippen LogP contribution in [0.15, 0.2) is 12.3 Å². The fourth-order valence-electron chi connectivity index (χ4n) is 1.33. The molecule has 0 saturated carbocycles. The minimum absolute atomic E-state index is 0.346. The average Bonchev–Trinajstić information content (AvgIpc) is 2.46. The number of rotatable bonds is 1. The van der Waals surface area contributed by atoms with Crippen LogP contribution in [0.5, 0.6) is 0 Å². The van der Waals surface area contributed by atoms with Crippen molar-refractivity contribution in [1.29, 1.82) is 0 Å². The number of pyridine rings is 1. The molecule has 62 valence electrons. The summed E-state index contributed by atoms with van der Waals surface area (Å²) in [6.45, 7) is 0.975. The van der Waals surface area contributed by atoms with Gasteiger partial charge in [-0.05, 0) is 11.6 Å². The maximum absolute atomic E-state index is 12.6. The molecule has 0 radical (unpaired) electrons. The van der Waals surface area contributed by atoms with E-state index in [1.807, 2.05) is 0 Å². The van der Waals surface area contributed by atoms with E-state index in [1.54, 1.807) is 4.90 Å². The van der Waals surface area contributed by atoms with Gasteiger partial charge in [0.25, 0.3) is 0 Å². The number of fused-ring (bicyclic) bond motifs is 1. The minimum Gasteiger partial charge on any atom is -0.335 e. The topological polar surface area (TPSA) is 33.2 Å². The van der Waals surface area contributed by atoms with Gasteiger partial charge in [0.15, 0.2) is 0 Å². The lowest BCUT2D eigenvalue weighted by Gasteiger charge is -2.03. The molecule has 1 amide bonds. The van der Waals surface area contributed by atoms with Crippen molar-refractivity contribution in [3.63, 3.8) is 0 Å². The monoisotopic (exact) mass is 166 g/mol. The summed E-state index contributed by atoms with van der Waals surface area (Å²) in [6, 6.07) is 1.42. The number of nitrogens with zero attached hydrogens (tertiary/aromatic N) is 2. The first-order valence-corrected chi connectivity index (χ1v) is 3.62. The molecule has 2 rings (SSSR count). The fourth-order valence-corrected chi connectivity index (χ4v) is 1.33. The van der Waals surface area contributed by atoms with E-state index in [0.29, 0.717) is 13.1 Å². The van der Waals surface area contributed by atoms with Crippen molar-refractivity contribution in [1.82, 2.24) is 9.88 Å². The van der Waals surface area contributed by atoms with Gasteiger partial charge in [0.1, 0.15) is 5.82 Å². The second-order valence-electron chi connectivity index (χ2n) is 2.77. The third kappa shape index (κ3) is 1.05. The Balaban J connectivity index is 2.35. The van der Waals surface area contributed by atoms with Crippen LogP contribution in [0, 0.1) is 5.82 Å². The molecule has 1 aliphatic heterocycles. The standard InChI is InChI=1S/C8H7FN2O/c9-7-1-6-3-11(5-12)4-8(6)10-2-7/h1-2,5H,3-4H2. The molecule has 0 spiro atoms. The minimum atomic E-state index is -0.346. The van der Waals surface area contributed by atoms with E-state index in [9.17, 15) is 9.18 Å². The van der Waals surface area contributed by atoms with Gasteiger partial charge in [-0.1, -0.05) is 0 Å². The van der Waals surface area contributed by atoms with Crippen molar-refractivity contribution in [3.05, 3.63) is 29.3 Å². The van der Waals surface area contributed by atoms with Gasteiger partial charge >= 0.3 is 0 Å². The molecule has 3 nitrogen and oxygen atoms in total. The highest BCUT2D eigenvalue weighted by Crippen LogP contribution is 2.19. The highest BCUT2D eigenvalue weighted by molar-refractivity contribution is 5.49. The Labute approximate surface area is 68.8 Å². The molecule has 0 aromatic carbocycles. The largest absolute Gasteiger partial charge is 0.335 e. The number of aromatic nitrogens is 1. The summed E-state index contributed by atoms with van der Waals surface area (Å²) in [5.41, 5.74) is 1.60. The van der Waals surface area contributed by atoms with Gasteiger partial charge in [-0.15, -0.1) is 0 Å². The van der Waals surface area contributed by atoms with Gasteiger partial charge in [0.05, 0.1) is 18.4 Å². The molecule has 2 heterocycles. The molecule has 1 aromatic heterocycles. The summed E-state index contributed by atoms with van der Waals surface area (Å²) in [5, 5.41) is 0. The van der Waals surface area contributed by atoms with E-state index in [-0.39, 0.29) is 5.82 Å². The first kappa shape index (κ1) is 7.21. The maximum atomic E-state index is 12.6. The number of carbonyl (C=O) groups excluding carboxylic acids is 1. The van der Waals surface area contributed by atoms with Crippen LogP contribution in [0.4, 0.5) is 4.39 Å². The predicted octanol–water partition coefficient (Wildman–Crippen LogP) is 0.693. The normalized spacial score (nSPS) is 14.6. The van der Waals surface area contributed by atoms with E-state index < -0.39 is 0 Å². The fraction of sp³-hybridized carbons (Fsp3) is 0.250. The van der Waals surface area contributed by atoms with E-state index in [4.69, 9.17) is 0 Å². The van der Waals surface area contributed by atoms with Gasteiger partial charge in [-0.3, -0.25) is 9.78 Å². The third-order valence-electron chi connectivity index (χ3n) is 1.90. The molecule has 0 N–H and O–H groups in total. The third-order valence-corrected chi connectivity index (χ3v) is 1.90. The van der Waals surface area contributed by atoms with Crippen LogP contribution in [0.1, 0.15) is 11.3 Å². The molecule has 0 saturated heterocycles. The number of carbonyl (C=O) groups is 1. The SMILES string of the molecule is O=CN1Cc2cc(F)cnc2C1. The van der Waals surface area contributed by atoms with E-state index >= 15 is 0 Å². The number of amides is 1. The van der Waals surface area contributed by atoms with Crippen molar-refractivity contribution >= 4 is 6.41 Å². The second kappa shape index (κ2) is 2.55. The Morgan fingerprint density at radius 3 is 3.17 bits per heavy atom. The molecule has 12 heavy (non-hydrogen) atoms. The Morgan fingerprint density at radius 1 is 1.58 bits per heavy atom. The maximum Gasteiger partial charge on any atom is 0.210 e. The molecule has 1 aliphatic rings. The zero-order valence-corrected chi connectivity index (χ0v) is 6.33. The molecule has 0 bridgehead atoms. The van der Waals surface area contributed by atoms with Crippen LogP contribution >= 0.6 is 0 Å². The van der Waals surface area contributed by atoms with E-state index in [1.165, 1.54) is 12.3 Å². The van der Waals surface area contributed by atoms with Crippen LogP contribution in [-0.4, -0.2) is 16.3 Å². The van der Waals surface area contributed by atoms with Crippen LogP contribution in [0.25, 0.3) is 0 Å². The molecule has 0 aliphatic carbocycles. The lowest BCUT2D eigenvalue weighted by molar-refractivity contribution is -0.118. The summed E-state index contributed by atoms with van der Waals surface area (Å²) in [4.78, 5) is 15.8. The summed E-state index contributed by atoms with van der Waals surface area (Å²) in [5.74, 6) is -0.346. The predicted molar refractivity (Wildman–Crippen MR) is 39.5 cm³/mol. The summed E-state index contributed by atoms with van der Waals surface area (Å²) >= 11 is 0. The van der Waals surface area contributed by atoms with Gasteiger partial charge in [0.2, 0.25) is 6.41 Å². The van der Waals surface area contributed by atoms with Crippen LogP contribution in [-0.2, 0) is 17.9 Å². The quantitative estimate of drug-likeness (QED) is 0.575. The lowest BCUT2D eigenvalue weighted by atomic mass is 10.2. The second-order valence-corrected chi connectivity index (χ2v) is 2.77. The van der Waals surface area contributed by atoms with Crippen molar-refractivity contribution in [2.24, 2.45) is 0 Å². The van der Waals surface area contributed by atoms with Gasteiger partial charge < -0.3 is 4.90 Å². The zero-order valence-electron chi connectivity index (χ0n) is 6.33. The Bertz CT molecular complexity index is 327. The molecular weight excluding hydrogens is 159 g/mol. The smallest absolute Gasteiger partial charge is 0.210 e. The van der Waals surface area contributed by atoms with Gasteiger partial charge in [-0.2, -0.15) is 0 Å². The summed E-state index contributed by atoms with van der Waals surface area (Å²) < 4.78 is 12.6. The Hall–Kier alpha value is -1.45. The molecule has 0 unspecified atom stereocenters. The zero-order chi connectivity index (χ0) is 8.55. The number of hydrogen-bond donors (Lipinski definition) is 0. The molecule has 4 heteroatoms. The van der Waals surface area contributed by atoms with Crippen LogP contribution < -0.4 is 0 Å². The lowest BCUT2D eigenvalue weighted by Crippen LogP contribution is -2.12. The van der Waals surface area contributed by atoms with Crippen molar-refractivity contribution in [3.8, 4) is 0 Å². The van der Waals surface area contributed by atoms with Gasteiger partial charge in [-0.25, -0.2) is 4.39 Å². The van der Waals surface area contributed by atoms with Gasteiger partial charge in [0, 0.05) is 6.54 Å². The molecule has 0 atom stereocenters. The number of halogens is 1. The average molecular weight is 166 g/mol. The highest BCUT2D eigenvalue weighted by Gasteiger charge is 2.18. The summed E-state index contributed by atoms with van der Waals surface area (Å²) in [6.07, 6.45) is 1.92. The highest BCUT2D eigenvalue weighted by atomic mass is 19.1. The Kier molecular flexibility index (Phi) is 1.53. The first-order valence-electron chi connectivity index (χ1n) is 3.62. The van der Waals surface area contributed by atoms with E-state index in [2.05, 4.69) is 4.98 Å². The van der Waals surface area contributed by atoms with E-state index in [0.717, 1.165) is 17.7 Å². The molecule has 0 fully saturated rings. The van der Waals surface area contributed by atoms with Crippen molar-refractivity contribution in [2.45, 2.75) is 13.1 Å². The van der Waals surface area contributed by atoms with Crippen LogP contribution in [0.2, 0.25) is 0 Å². The number of hydrogen-bond acceptors (Lipinski definition) is 2.